The van der Waals surface area contributed by atoms with E-state index in [0.717, 1.165) is 52.9 Å². The van der Waals surface area contributed by atoms with E-state index in [1.54, 1.807) is 0 Å². The summed E-state index contributed by atoms with van der Waals surface area (Å²) < 4.78 is 18.0. The molecule has 3 aromatic rings. The molecule has 0 radical (unpaired) electrons. The van der Waals surface area contributed by atoms with Gasteiger partial charge < -0.3 is 29.5 Å². The summed E-state index contributed by atoms with van der Waals surface area (Å²) in [4.78, 5) is 14.0. The van der Waals surface area contributed by atoms with Crippen molar-refractivity contribution >= 4 is 6.09 Å². The van der Waals surface area contributed by atoms with Gasteiger partial charge in [-0.15, -0.1) is 6.58 Å². The lowest BCUT2D eigenvalue weighted by molar-refractivity contribution is -0.252. The second kappa shape index (κ2) is 14.6. The van der Waals surface area contributed by atoms with Gasteiger partial charge in [-0.3, -0.25) is 0 Å². The number of carbonyl (C=O) groups excluding carboxylic acids is 1. The number of aliphatic hydroxyl groups is 1. The lowest BCUT2D eigenvalue weighted by Gasteiger charge is -2.37. The number of ether oxygens (including phenoxy) is 3. The highest BCUT2D eigenvalue weighted by Crippen LogP contribution is 2.39. The van der Waals surface area contributed by atoms with Crippen LogP contribution in [0.4, 0.5) is 4.79 Å². The quantitative estimate of drug-likeness (QED) is 0.277. The molecule has 1 heterocycles. The van der Waals surface area contributed by atoms with E-state index in [0.29, 0.717) is 6.54 Å². The van der Waals surface area contributed by atoms with Crippen molar-refractivity contribution < 1.29 is 24.1 Å². The van der Waals surface area contributed by atoms with Crippen LogP contribution in [0, 0.1) is 0 Å². The summed E-state index contributed by atoms with van der Waals surface area (Å²) in [7, 11) is 2.06. The van der Waals surface area contributed by atoms with Crippen LogP contribution in [0.1, 0.15) is 41.1 Å². The number of nitrogens with one attached hydrogen (secondary N) is 1. The molecule has 1 amide bonds. The third-order valence-electron chi connectivity index (χ3n) is 6.76. The average Bonchev–Trinajstić information content (AvgIpc) is 2.99. The maximum Gasteiger partial charge on any atom is 0.407 e. The lowest BCUT2D eigenvalue weighted by atomic mass is 9.98. The zero-order chi connectivity index (χ0) is 28.3. The number of rotatable bonds is 12. The lowest BCUT2D eigenvalue weighted by Crippen LogP contribution is -2.37. The Bertz CT molecular complexity index is 1280. The third-order valence-corrected chi connectivity index (χ3v) is 6.76. The fourth-order valence-electron chi connectivity index (χ4n) is 4.76. The Hall–Kier alpha value is -3.75. The van der Waals surface area contributed by atoms with Crippen LogP contribution in [0.15, 0.2) is 98.1 Å². The second-order valence-corrected chi connectivity index (χ2v) is 9.93. The van der Waals surface area contributed by atoms with Crippen molar-refractivity contribution in [1.29, 1.82) is 0 Å². The van der Waals surface area contributed by atoms with Crippen LogP contribution in [0.5, 0.6) is 0 Å². The van der Waals surface area contributed by atoms with Crippen LogP contribution in [0.3, 0.4) is 0 Å². The molecule has 0 unspecified atom stereocenters. The molecule has 1 saturated heterocycles. The zero-order valence-electron chi connectivity index (χ0n) is 23.0. The molecule has 2 N–H and O–H groups in total. The van der Waals surface area contributed by atoms with Gasteiger partial charge in [0.05, 0.1) is 18.8 Å². The summed E-state index contributed by atoms with van der Waals surface area (Å²) in [5.74, 6) is 0. The number of alkyl carbamates (subject to hydrolysis) is 1. The average molecular weight is 543 g/mol. The van der Waals surface area contributed by atoms with E-state index >= 15 is 0 Å². The van der Waals surface area contributed by atoms with E-state index in [-0.39, 0.29) is 25.4 Å². The Morgan fingerprint density at radius 1 is 1.00 bits per heavy atom. The normalized spacial score (nSPS) is 18.7. The number of benzene rings is 3. The van der Waals surface area contributed by atoms with E-state index < -0.39 is 12.4 Å². The molecule has 7 heteroatoms. The van der Waals surface area contributed by atoms with E-state index in [9.17, 15) is 9.90 Å². The van der Waals surface area contributed by atoms with Crippen molar-refractivity contribution in [2.75, 3.05) is 26.7 Å². The molecule has 0 saturated carbocycles. The number of hydrogen-bond donors (Lipinski definition) is 2. The second-order valence-electron chi connectivity index (χ2n) is 9.93. The first kappa shape index (κ1) is 29.2. The molecule has 0 aliphatic carbocycles. The van der Waals surface area contributed by atoms with Crippen molar-refractivity contribution in [2.24, 2.45) is 0 Å². The Kier molecular flexibility index (Phi) is 10.7. The van der Waals surface area contributed by atoms with Gasteiger partial charge in [-0.1, -0.05) is 79.4 Å². The predicted molar refractivity (Wildman–Crippen MR) is 156 cm³/mol. The van der Waals surface area contributed by atoms with Gasteiger partial charge in [-0.05, 0) is 47.0 Å². The largest absolute Gasteiger partial charge is 0.445 e. The summed E-state index contributed by atoms with van der Waals surface area (Å²) in [6, 6.07) is 24.1. The van der Waals surface area contributed by atoms with E-state index in [2.05, 4.69) is 42.6 Å². The van der Waals surface area contributed by atoms with Crippen LogP contribution in [0.25, 0.3) is 11.1 Å². The molecule has 1 aliphatic rings. The van der Waals surface area contributed by atoms with E-state index in [1.807, 2.05) is 66.7 Å². The van der Waals surface area contributed by atoms with Crippen molar-refractivity contribution in [1.82, 2.24) is 10.2 Å². The van der Waals surface area contributed by atoms with Gasteiger partial charge in [0.15, 0.2) is 6.29 Å². The SMILES string of the molecule is C=CCOC(=O)NCc1cccc(-c2cccc([C@H]3O[C@@H](CN(C)CC=C)C[C@@H](c4ccc(CO)cc4)O3)c2)c1. The topological polar surface area (TPSA) is 80.3 Å². The zero-order valence-corrected chi connectivity index (χ0v) is 23.0. The molecule has 1 aliphatic heterocycles. The van der Waals surface area contributed by atoms with Gasteiger partial charge in [0.2, 0.25) is 0 Å². The first-order valence-electron chi connectivity index (χ1n) is 13.5. The van der Waals surface area contributed by atoms with Crippen LogP contribution in [-0.2, 0) is 27.4 Å². The molecule has 40 heavy (non-hydrogen) atoms. The molecule has 7 nitrogen and oxygen atoms in total. The Labute approximate surface area is 236 Å². The van der Waals surface area contributed by atoms with Gasteiger partial charge in [-0.2, -0.15) is 0 Å². The van der Waals surface area contributed by atoms with Crippen LogP contribution >= 0.6 is 0 Å². The molecule has 0 bridgehead atoms. The van der Waals surface area contributed by atoms with Crippen molar-refractivity contribution in [2.45, 2.75) is 38.1 Å². The number of nitrogens with zero attached hydrogens (tertiary/aromatic N) is 1. The standard InChI is InChI=1S/C33H38N2O5/c1-4-16-35(3)22-30-20-31(26-14-12-24(23-36)13-15-26)40-32(39-30)29-11-7-10-28(19-29)27-9-6-8-25(18-27)21-34-33(37)38-17-5-2/h4-15,18-19,30-32,36H,1-2,16-17,20-23H2,3H3,(H,34,37)/t30-,31+,32+/m1/s1. The van der Waals surface area contributed by atoms with Crippen LogP contribution < -0.4 is 5.32 Å². The van der Waals surface area contributed by atoms with Gasteiger partial charge in [0.25, 0.3) is 0 Å². The Morgan fingerprint density at radius 2 is 1.75 bits per heavy atom. The van der Waals surface area contributed by atoms with E-state index in [4.69, 9.17) is 14.2 Å². The van der Waals surface area contributed by atoms with Crippen LogP contribution in [-0.4, -0.2) is 48.9 Å². The van der Waals surface area contributed by atoms with Crippen molar-refractivity contribution in [3.05, 3.63) is 120 Å². The molecule has 210 valence electrons. The fraction of sp³-hybridized carbons (Fsp3) is 0.303. The summed E-state index contributed by atoms with van der Waals surface area (Å²) in [5, 5.41) is 12.2. The highest BCUT2D eigenvalue weighted by Gasteiger charge is 2.32. The molecular formula is C33H38N2O5. The van der Waals surface area contributed by atoms with E-state index in [1.165, 1.54) is 6.08 Å². The predicted octanol–water partition coefficient (Wildman–Crippen LogP) is 5.92. The van der Waals surface area contributed by atoms with Gasteiger partial charge in [0, 0.05) is 31.6 Å². The van der Waals surface area contributed by atoms with Crippen molar-refractivity contribution in [3.8, 4) is 11.1 Å². The maximum absolute atomic E-state index is 11.8. The molecule has 3 aromatic carbocycles. The molecule has 0 aromatic heterocycles. The fourth-order valence-corrected chi connectivity index (χ4v) is 4.76. The monoisotopic (exact) mass is 542 g/mol. The molecule has 1 fully saturated rings. The number of aliphatic hydroxyl groups excluding tert-OH is 1. The highest BCUT2D eigenvalue weighted by molar-refractivity contribution is 5.68. The Balaban J connectivity index is 1.53. The van der Waals surface area contributed by atoms with Crippen LogP contribution in [0.2, 0.25) is 0 Å². The Morgan fingerprint density at radius 3 is 2.48 bits per heavy atom. The first-order valence-corrected chi connectivity index (χ1v) is 13.5. The molecule has 4 rings (SSSR count). The number of likely N-dealkylation sites (N-methyl/N-ethyl adjacent to an activating group) is 1. The summed E-state index contributed by atoms with van der Waals surface area (Å²) in [5.41, 5.74) is 5.87. The van der Waals surface area contributed by atoms with Gasteiger partial charge in [-0.25, -0.2) is 4.79 Å². The minimum absolute atomic E-state index is 0.00989. The highest BCUT2D eigenvalue weighted by atomic mass is 16.7. The minimum Gasteiger partial charge on any atom is -0.445 e. The summed E-state index contributed by atoms with van der Waals surface area (Å²) in [6.45, 7) is 9.46. The first-order chi connectivity index (χ1) is 19.5. The molecule has 0 spiro atoms. The van der Waals surface area contributed by atoms with Gasteiger partial charge in [0.1, 0.15) is 6.61 Å². The summed E-state index contributed by atoms with van der Waals surface area (Å²) in [6.07, 6.45) is 2.94. The maximum atomic E-state index is 11.8. The minimum atomic E-state index is -0.539. The summed E-state index contributed by atoms with van der Waals surface area (Å²) >= 11 is 0. The molecular weight excluding hydrogens is 504 g/mol. The number of amides is 1. The number of carbonyl (C=O) groups is 1. The third kappa shape index (κ3) is 8.13. The number of hydrogen-bond acceptors (Lipinski definition) is 6. The van der Waals surface area contributed by atoms with Gasteiger partial charge >= 0.3 is 6.09 Å². The molecule has 3 atom stereocenters. The van der Waals surface area contributed by atoms with Crippen molar-refractivity contribution in [3.63, 3.8) is 0 Å². The smallest absolute Gasteiger partial charge is 0.407 e.